The van der Waals surface area contributed by atoms with E-state index < -0.39 is 29.1 Å². The molecule has 3 aromatic rings. The molecule has 214 valence electrons. The van der Waals surface area contributed by atoms with Crippen LogP contribution in [-0.2, 0) is 12.6 Å². The SMILES string of the molecule is COc1cc(OC)cc(-c2nn(-c3cc(N4CC[C@H](O)C4)ccc3C(F)(F)F)c(=O)c3c2CCN3CCCO)c1. The topological polar surface area (TPSA) is 100 Å². The lowest BCUT2D eigenvalue weighted by atomic mass is 10.0. The predicted molar refractivity (Wildman–Crippen MR) is 144 cm³/mol. The van der Waals surface area contributed by atoms with E-state index >= 15 is 0 Å². The molecule has 1 aromatic heterocycles. The third-order valence-electron chi connectivity index (χ3n) is 7.37. The summed E-state index contributed by atoms with van der Waals surface area (Å²) in [7, 11) is 2.98. The van der Waals surface area contributed by atoms with Gasteiger partial charge in [-0.2, -0.15) is 23.0 Å². The Morgan fingerprint density at radius 1 is 1.07 bits per heavy atom. The molecule has 0 spiro atoms. The fourth-order valence-electron chi connectivity index (χ4n) is 5.40. The van der Waals surface area contributed by atoms with Crippen LogP contribution in [0, 0.1) is 0 Å². The maximum Gasteiger partial charge on any atom is 0.418 e. The zero-order valence-electron chi connectivity index (χ0n) is 22.2. The minimum Gasteiger partial charge on any atom is -0.497 e. The number of benzene rings is 2. The summed E-state index contributed by atoms with van der Waals surface area (Å²) < 4.78 is 54.6. The van der Waals surface area contributed by atoms with Crippen molar-refractivity contribution >= 4 is 11.4 Å². The van der Waals surface area contributed by atoms with Gasteiger partial charge in [-0.15, -0.1) is 0 Å². The molecule has 0 aliphatic carbocycles. The highest BCUT2D eigenvalue weighted by Crippen LogP contribution is 2.39. The first-order valence-electron chi connectivity index (χ1n) is 13.0. The Morgan fingerprint density at radius 2 is 1.80 bits per heavy atom. The second-order valence-corrected chi connectivity index (χ2v) is 9.90. The molecular weight excluding hydrogens is 529 g/mol. The summed E-state index contributed by atoms with van der Waals surface area (Å²) in [4.78, 5) is 17.5. The molecule has 2 aliphatic rings. The predicted octanol–water partition coefficient (Wildman–Crippen LogP) is 3.25. The maximum absolute atomic E-state index is 14.3. The first-order valence-corrected chi connectivity index (χ1v) is 13.0. The van der Waals surface area contributed by atoms with Crippen LogP contribution in [0.25, 0.3) is 16.9 Å². The summed E-state index contributed by atoms with van der Waals surface area (Å²) >= 11 is 0. The van der Waals surface area contributed by atoms with Crippen LogP contribution in [0.15, 0.2) is 41.2 Å². The lowest BCUT2D eigenvalue weighted by molar-refractivity contribution is -0.137. The van der Waals surface area contributed by atoms with Gasteiger partial charge in [0.1, 0.15) is 17.2 Å². The molecule has 2 aromatic carbocycles. The van der Waals surface area contributed by atoms with Gasteiger partial charge in [0.15, 0.2) is 0 Å². The minimum absolute atomic E-state index is 0.0903. The fraction of sp³-hybridized carbons (Fsp3) is 0.429. The number of halogens is 3. The number of β-amino-alcohol motifs (C(OH)–C–C–N with tert-alkyl or cyclic N) is 1. The van der Waals surface area contributed by atoms with Crippen LogP contribution in [-0.4, -0.2) is 73.1 Å². The Labute approximate surface area is 229 Å². The number of rotatable bonds is 8. The van der Waals surface area contributed by atoms with Crippen LogP contribution >= 0.6 is 0 Å². The molecule has 1 saturated heterocycles. The molecule has 0 saturated carbocycles. The highest BCUT2D eigenvalue weighted by atomic mass is 19.4. The lowest BCUT2D eigenvalue weighted by Crippen LogP contribution is -2.33. The number of methoxy groups -OCH3 is 2. The average Bonchev–Trinajstić information content (AvgIpc) is 3.57. The second kappa shape index (κ2) is 11.0. The molecule has 5 rings (SSSR count). The highest BCUT2D eigenvalue weighted by Gasteiger charge is 2.37. The molecule has 40 heavy (non-hydrogen) atoms. The number of nitrogens with zero attached hydrogens (tertiary/aromatic N) is 4. The first kappa shape index (κ1) is 27.8. The number of aliphatic hydroxyl groups is 2. The van der Waals surface area contributed by atoms with Gasteiger partial charge >= 0.3 is 6.18 Å². The van der Waals surface area contributed by atoms with Crippen LogP contribution in [0.5, 0.6) is 11.5 Å². The number of hydrogen-bond donors (Lipinski definition) is 2. The minimum atomic E-state index is -4.76. The molecule has 12 heteroatoms. The molecule has 1 atom stereocenters. The summed E-state index contributed by atoms with van der Waals surface area (Å²) in [6.45, 7) is 1.49. The van der Waals surface area contributed by atoms with Crippen LogP contribution < -0.4 is 24.8 Å². The van der Waals surface area contributed by atoms with Crippen molar-refractivity contribution in [2.45, 2.75) is 31.5 Å². The van der Waals surface area contributed by atoms with E-state index in [4.69, 9.17) is 9.47 Å². The smallest absolute Gasteiger partial charge is 0.418 e. The van der Waals surface area contributed by atoms with Crippen molar-refractivity contribution in [3.05, 3.63) is 57.9 Å². The van der Waals surface area contributed by atoms with Gasteiger partial charge in [-0.25, -0.2) is 0 Å². The third kappa shape index (κ3) is 5.20. The lowest BCUT2D eigenvalue weighted by Gasteiger charge is -2.23. The molecule has 2 N–H and O–H groups in total. The van der Waals surface area contributed by atoms with Gasteiger partial charge in [0.05, 0.1) is 37.3 Å². The fourth-order valence-corrected chi connectivity index (χ4v) is 5.40. The van der Waals surface area contributed by atoms with Gasteiger partial charge in [-0.05, 0) is 49.6 Å². The number of aromatic nitrogens is 2. The molecule has 2 aliphatic heterocycles. The Morgan fingerprint density at radius 3 is 2.40 bits per heavy atom. The number of anilines is 2. The molecule has 3 heterocycles. The van der Waals surface area contributed by atoms with E-state index in [9.17, 15) is 28.2 Å². The van der Waals surface area contributed by atoms with Crippen molar-refractivity contribution in [2.24, 2.45) is 0 Å². The summed E-state index contributed by atoms with van der Waals surface area (Å²) in [6, 6.07) is 8.68. The van der Waals surface area contributed by atoms with E-state index in [1.54, 1.807) is 28.0 Å². The number of aliphatic hydroxyl groups excluding tert-OH is 2. The molecule has 1 fully saturated rings. The normalized spacial score (nSPS) is 16.9. The van der Waals surface area contributed by atoms with Gasteiger partial charge in [-0.3, -0.25) is 4.79 Å². The number of hydrogen-bond acceptors (Lipinski definition) is 8. The van der Waals surface area contributed by atoms with Crippen molar-refractivity contribution in [1.82, 2.24) is 9.78 Å². The summed E-state index contributed by atoms with van der Waals surface area (Å²) in [5.41, 5.74) is 0.121. The number of ether oxygens (including phenoxy) is 2. The monoisotopic (exact) mass is 560 g/mol. The molecule has 0 bridgehead atoms. The standard InChI is InChI=1S/C28H31F3N4O5/c1-39-20-12-17(13-21(15-20)40-2)25-22-7-10-33(8-3-11-36)26(22)27(38)35(32-25)24-14-18(34-9-6-19(37)16-34)4-5-23(24)28(29,30)31/h4-5,12-15,19,36-37H,3,6-11,16H2,1-2H3/t19-/m0/s1. The van der Waals surface area contributed by atoms with E-state index in [1.165, 1.54) is 26.4 Å². The quantitative estimate of drug-likeness (QED) is 0.433. The van der Waals surface area contributed by atoms with Crippen molar-refractivity contribution in [3.63, 3.8) is 0 Å². The largest absolute Gasteiger partial charge is 0.497 e. The van der Waals surface area contributed by atoms with Crippen LogP contribution in [0.3, 0.4) is 0 Å². The van der Waals surface area contributed by atoms with E-state index in [1.807, 2.05) is 0 Å². The van der Waals surface area contributed by atoms with Gasteiger partial charge in [0, 0.05) is 55.7 Å². The second-order valence-electron chi connectivity index (χ2n) is 9.90. The zero-order chi connectivity index (χ0) is 28.6. The number of fused-ring (bicyclic) bond motifs is 1. The molecule has 0 amide bonds. The Bertz CT molecular complexity index is 1440. The van der Waals surface area contributed by atoms with Gasteiger partial charge in [0.2, 0.25) is 0 Å². The summed E-state index contributed by atoms with van der Waals surface area (Å²) in [6.07, 6.45) is -3.99. The summed E-state index contributed by atoms with van der Waals surface area (Å²) in [5.74, 6) is 0.923. The first-order chi connectivity index (χ1) is 19.1. The number of alkyl halides is 3. The van der Waals surface area contributed by atoms with E-state index in [2.05, 4.69) is 5.10 Å². The van der Waals surface area contributed by atoms with Gasteiger partial charge in [-0.1, -0.05) is 0 Å². The van der Waals surface area contributed by atoms with Crippen molar-refractivity contribution in [1.29, 1.82) is 0 Å². The zero-order valence-corrected chi connectivity index (χ0v) is 22.2. The van der Waals surface area contributed by atoms with Crippen molar-refractivity contribution < 1.29 is 32.9 Å². The van der Waals surface area contributed by atoms with Gasteiger partial charge in [0.25, 0.3) is 5.56 Å². The van der Waals surface area contributed by atoms with Crippen LogP contribution in [0.1, 0.15) is 24.0 Å². The highest BCUT2D eigenvalue weighted by molar-refractivity contribution is 5.75. The summed E-state index contributed by atoms with van der Waals surface area (Å²) in [5, 5.41) is 24.0. The third-order valence-corrected chi connectivity index (χ3v) is 7.37. The van der Waals surface area contributed by atoms with E-state index in [0.717, 1.165) is 10.7 Å². The van der Waals surface area contributed by atoms with E-state index in [-0.39, 0.29) is 18.8 Å². The average molecular weight is 561 g/mol. The molecule has 0 radical (unpaired) electrons. The molecular formula is C28H31F3N4O5. The Balaban J connectivity index is 1.78. The molecule has 9 nitrogen and oxygen atoms in total. The van der Waals surface area contributed by atoms with Gasteiger partial charge < -0.3 is 29.5 Å². The van der Waals surface area contributed by atoms with Crippen LogP contribution in [0.2, 0.25) is 0 Å². The van der Waals surface area contributed by atoms with Crippen molar-refractivity contribution in [2.75, 3.05) is 56.8 Å². The Kier molecular flexibility index (Phi) is 7.65. The van der Waals surface area contributed by atoms with Crippen molar-refractivity contribution in [3.8, 4) is 28.4 Å². The Hall–Kier alpha value is -3.77. The van der Waals surface area contributed by atoms with E-state index in [0.29, 0.717) is 72.9 Å². The maximum atomic E-state index is 14.3. The van der Waals surface area contributed by atoms with Crippen LogP contribution in [0.4, 0.5) is 24.5 Å². The molecule has 0 unspecified atom stereocenters.